The van der Waals surface area contributed by atoms with E-state index in [1.165, 1.54) is 24.0 Å². The lowest BCUT2D eigenvalue weighted by molar-refractivity contribution is 0.279. The highest BCUT2D eigenvalue weighted by atomic mass is 16.3. The topological polar surface area (TPSA) is 65.4 Å². The van der Waals surface area contributed by atoms with Crippen LogP contribution in [-0.4, -0.2) is 15.2 Å². The summed E-state index contributed by atoms with van der Waals surface area (Å²) in [5.74, 6) is 0.162. The number of nitrogens with zero attached hydrogens (tertiary/aromatic N) is 1. The molecule has 1 aromatic heterocycles. The van der Waals surface area contributed by atoms with Crippen LogP contribution in [0.2, 0.25) is 0 Å². The summed E-state index contributed by atoms with van der Waals surface area (Å²) in [4.78, 5) is 4.07. The molecule has 2 aromatic rings. The van der Waals surface area contributed by atoms with E-state index in [2.05, 4.69) is 28.5 Å². The first-order valence-electron chi connectivity index (χ1n) is 7.32. The van der Waals surface area contributed by atoms with Crippen LogP contribution in [0.3, 0.4) is 0 Å². The van der Waals surface area contributed by atoms with Gasteiger partial charge in [0.15, 0.2) is 0 Å². The number of anilines is 1. The normalized spacial score (nSPS) is 13.2. The lowest BCUT2D eigenvalue weighted by Gasteiger charge is -2.13. The Kier molecular flexibility index (Phi) is 3.80. The minimum atomic E-state index is -0.123. The summed E-state index contributed by atoms with van der Waals surface area (Å²) < 4.78 is 0. The molecule has 4 nitrogen and oxygen atoms in total. The average Bonchev–Trinajstić information content (AvgIpc) is 2.96. The molecule has 3 N–H and O–H groups in total. The van der Waals surface area contributed by atoms with E-state index < -0.39 is 0 Å². The molecule has 1 aliphatic carbocycles. The molecule has 21 heavy (non-hydrogen) atoms. The minimum absolute atomic E-state index is 0.123. The van der Waals surface area contributed by atoms with Gasteiger partial charge in [0.05, 0.1) is 12.3 Å². The van der Waals surface area contributed by atoms with Crippen LogP contribution in [-0.2, 0) is 26.0 Å². The average molecular weight is 284 g/mol. The van der Waals surface area contributed by atoms with Gasteiger partial charge in [0.2, 0.25) is 0 Å². The van der Waals surface area contributed by atoms with Gasteiger partial charge in [0.1, 0.15) is 5.75 Å². The van der Waals surface area contributed by atoms with Gasteiger partial charge in [-0.2, -0.15) is 0 Å². The van der Waals surface area contributed by atoms with E-state index in [1.54, 1.807) is 13.1 Å². The van der Waals surface area contributed by atoms with E-state index in [0.29, 0.717) is 23.4 Å². The summed E-state index contributed by atoms with van der Waals surface area (Å²) in [5, 5.41) is 22.8. The summed E-state index contributed by atoms with van der Waals surface area (Å²) in [7, 11) is 0. The number of rotatable bonds is 4. The second-order valence-corrected chi connectivity index (χ2v) is 5.54. The van der Waals surface area contributed by atoms with E-state index >= 15 is 0 Å². The molecule has 0 aliphatic heterocycles. The molecule has 1 heterocycles. The largest absolute Gasteiger partial charge is 0.506 e. The highest BCUT2D eigenvalue weighted by Gasteiger charge is 2.13. The van der Waals surface area contributed by atoms with Crippen molar-refractivity contribution in [3.63, 3.8) is 0 Å². The lowest BCUT2D eigenvalue weighted by Crippen LogP contribution is -2.06. The van der Waals surface area contributed by atoms with E-state index in [0.717, 1.165) is 12.1 Å². The maximum atomic E-state index is 10.1. The summed E-state index contributed by atoms with van der Waals surface area (Å²) in [6.07, 6.45) is 5.17. The number of benzene rings is 1. The zero-order chi connectivity index (χ0) is 14.8. The Labute approximate surface area is 124 Å². The number of aliphatic hydroxyl groups excluding tert-OH is 1. The summed E-state index contributed by atoms with van der Waals surface area (Å²) >= 11 is 0. The first-order valence-corrected chi connectivity index (χ1v) is 7.32. The first-order chi connectivity index (χ1) is 10.2. The van der Waals surface area contributed by atoms with Gasteiger partial charge in [-0.1, -0.05) is 6.07 Å². The van der Waals surface area contributed by atoms with Crippen molar-refractivity contribution in [2.75, 3.05) is 5.32 Å². The molecule has 3 rings (SSSR count). The molecule has 1 aliphatic rings. The summed E-state index contributed by atoms with van der Waals surface area (Å²) in [6, 6.07) is 6.44. The third-order valence-electron chi connectivity index (χ3n) is 4.17. The fraction of sp³-hybridized carbons (Fsp3) is 0.353. The second-order valence-electron chi connectivity index (χ2n) is 5.54. The number of aromatic nitrogens is 1. The second kappa shape index (κ2) is 5.74. The van der Waals surface area contributed by atoms with Crippen LogP contribution in [0.15, 0.2) is 24.4 Å². The maximum Gasteiger partial charge on any atom is 0.142 e. The maximum absolute atomic E-state index is 10.1. The van der Waals surface area contributed by atoms with Gasteiger partial charge in [-0.25, -0.2) is 0 Å². The Morgan fingerprint density at radius 3 is 2.86 bits per heavy atom. The van der Waals surface area contributed by atoms with Crippen LogP contribution < -0.4 is 5.32 Å². The van der Waals surface area contributed by atoms with Crippen LogP contribution in [0.1, 0.15) is 34.4 Å². The zero-order valence-electron chi connectivity index (χ0n) is 12.2. The third kappa shape index (κ3) is 2.72. The van der Waals surface area contributed by atoms with Crippen molar-refractivity contribution in [3.05, 3.63) is 52.3 Å². The Morgan fingerprint density at radius 1 is 1.24 bits per heavy atom. The number of pyridine rings is 1. The highest BCUT2D eigenvalue weighted by Crippen LogP contribution is 2.27. The zero-order valence-corrected chi connectivity index (χ0v) is 12.2. The van der Waals surface area contributed by atoms with Crippen molar-refractivity contribution in [2.24, 2.45) is 0 Å². The molecule has 0 bridgehead atoms. The number of fused-ring (bicyclic) bond motifs is 1. The number of aliphatic hydroxyl groups is 1. The van der Waals surface area contributed by atoms with Gasteiger partial charge in [-0.3, -0.25) is 4.98 Å². The molecule has 0 saturated heterocycles. The van der Waals surface area contributed by atoms with Crippen molar-refractivity contribution < 1.29 is 10.2 Å². The highest BCUT2D eigenvalue weighted by molar-refractivity contribution is 5.52. The predicted molar refractivity (Wildman–Crippen MR) is 82.4 cm³/mol. The number of aromatic hydroxyl groups is 1. The summed E-state index contributed by atoms with van der Waals surface area (Å²) in [5.41, 5.74) is 5.86. The van der Waals surface area contributed by atoms with Crippen molar-refractivity contribution in [1.82, 2.24) is 4.98 Å². The van der Waals surface area contributed by atoms with Crippen molar-refractivity contribution in [2.45, 2.75) is 39.3 Å². The van der Waals surface area contributed by atoms with Gasteiger partial charge < -0.3 is 15.5 Å². The first kappa shape index (κ1) is 13.9. The number of aryl methyl sites for hydroxylation is 3. The van der Waals surface area contributed by atoms with Gasteiger partial charge >= 0.3 is 0 Å². The molecule has 0 amide bonds. The van der Waals surface area contributed by atoms with E-state index in [9.17, 15) is 10.2 Å². The Morgan fingerprint density at radius 2 is 2.05 bits per heavy atom. The van der Waals surface area contributed by atoms with Crippen LogP contribution in [0.4, 0.5) is 5.69 Å². The molecule has 0 spiro atoms. The number of nitrogens with one attached hydrogen (secondary N) is 1. The predicted octanol–water partition coefficient (Wildman–Crippen LogP) is 2.69. The molecule has 4 heteroatoms. The SMILES string of the molecule is Cc1ncc(CO)c(CNc2ccc3c(c2)CCC3)c1O. The molecular formula is C17H20N2O2. The molecule has 110 valence electrons. The molecule has 0 unspecified atom stereocenters. The molecule has 0 fully saturated rings. The quantitative estimate of drug-likeness (QED) is 0.807. The van der Waals surface area contributed by atoms with Crippen molar-refractivity contribution in [3.8, 4) is 5.75 Å². The van der Waals surface area contributed by atoms with Crippen LogP contribution in [0, 0.1) is 6.92 Å². The van der Waals surface area contributed by atoms with E-state index in [1.807, 2.05) is 0 Å². The van der Waals surface area contributed by atoms with Gasteiger partial charge in [0.25, 0.3) is 0 Å². The van der Waals surface area contributed by atoms with Gasteiger partial charge in [-0.15, -0.1) is 0 Å². The number of hydrogen-bond acceptors (Lipinski definition) is 4. The molecule has 1 aromatic carbocycles. The Hall–Kier alpha value is -2.07. The van der Waals surface area contributed by atoms with Crippen LogP contribution in [0.5, 0.6) is 5.75 Å². The molecule has 0 saturated carbocycles. The smallest absolute Gasteiger partial charge is 0.142 e. The monoisotopic (exact) mass is 284 g/mol. The van der Waals surface area contributed by atoms with Crippen LogP contribution in [0.25, 0.3) is 0 Å². The van der Waals surface area contributed by atoms with Gasteiger partial charge in [-0.05, 0) is 49.4 Å². The molecule has 0 radical (unpaired) electrons. The fourth-order valence-corrected chi connectivity index (χ4v) is 2.89. The molecule has 0 atom stereocenters. The van der Waals surface area contributed by atoms with Gasteiger partial charge in [0, 0.05) is 29.6 Å². The minimum Gasteiger partial charge on any atom is -0.506 e. The third-order valence-corrected chi connectivity index (χ3v) is 4.17. The molecular weight excluding hydrogens is 264 g/mol. The fourth-order valence-electron chi connectivity index (χ4n) is 2.89. The Balaban J connectivity index is 1.80. The number of hydrogen-bond donors (Lipinski definition) is 3. The van der Waals surface area contributed by atoms with Crippen LogP contribution >= 0.6 is 0 Å². The van der Waals surface area contributed by atoms with Crippen molar-refractivity contribution >= 4 is 5.69 Å². The summed E-state index contributed by atoms with van der Waals surface area (Å²) in [6.45, 7) is 2.11. The lowest BCUT2D eigenvalue weighted by atomic mass is 10.1. The van der Waals surface area contributed by atoms with E-state index in [4.69, 9.17) is 0 Å². The standard InChI is InChI=1S/C17H20N2O2/c1-11-17(21)16(14(10-20)8-18-11)9-19-15-6-5-12-3-2-4-13(12)7-15/h5-8,19-21H,2-4,9-10H2,1H3. The Bertz CT molecular complexity index is 668. The van der Waals surface area contributed by atoms with E-state index in [-0.39, 0.29) is 12.4 Å². The van der Waals surface area contributed by atoms with Crippen molar-refractivity contribution in [1.29, 1.82) is 0 Å².